The van der Waals surface area contributed by atoms with Crippen molar-refractivity contribution in [3.05, 3.63) is 67.3 Å². The fourth-order valence-corrected chi connectivity index (χ4v) is 3.10. The fraction of sp³-hybridized carbons (Fsp3) is 0.111. The van der Waals surface area contributed by atoms with E-state index < -0.39 is 10.9 Å². The number of rotatable bonds is 3. The van der Waals surface area contributed by atoms with Gasteiger partial charge in [-0.15, -0.1) is 0 Å². The van der Waals surface area contributed by atoms with Crippen LogP contribution in [-0.2, 0) is 9.53 Å². The first-order chi connectivity index (χ1) is 12.9. The molecular weight excluding hydrogens is 420 g/mol. The van der Waals surface area contributed by atoms with Crippen LogP contribution in [0.3, 0.4) is 0 Å². The van der Waals surface area contributed by atoms with Gasteiger partial charge in [0.05, 0.1) is 4.92 Å². The average Bonchev–Trinajstić information content (AvgIpc) is 3.22. The van der Waals surface area contributed by atoms with E-state index in [0.29, 0.717) is 32.7 Å². The first-order valence-corrected chi connectivity index (χ1v) is 8.59. The molecule has 0 N–H and O–H groups in total. The quantitative estimate of drug-likeness (QED) is 0.318. The van der Waals surface area contributed by atoms with E-state index in [1.165, 1.54) is 6.07 Å². The van der Waals surface area contributed by atoms with E-state index in [4.69, 9.17) is 14.2 Å². The van der Waals surface area contributed by atoms with Gasteiger partial charge in [-0.05, 0) is 36.8 Å². The maximum absolute atomic E-state index is 12.2. The molecule has 0 fully saturated rings. The molecule has 0 unspecified atom stereocenters. The summed E-state index contributed by atoms with van der Waals surface area (Å²) in [5, 5.41) is 11.1. The van der Waals surface area contributed by atoms with Gasteiger partial charge >= 0.3 is 5.97 Å². The number of ether oxygens (including phenoxy) is 3. The Morgan fingerprint density at radius 3 is 2.70 bits per heavy atom. The average molecular weight is 431 g/mol. The Balaban J connectivity index is 1.71. The molecule has 0 atom stereocenters. The second-order valence-corrected chi connectivity index (χ2v) is 6.68. The van der Waals surface area contributed by atoms with E-state index in [1.807, 2.05) is 0 Å². The number of fused-ring (bicyclic) bond motifs is 1. The van der Waals surface area contributed by atoms with E-state index in [-0.39, 0.29) is 24.1 Å². The molecule has 2 heterocycles. The van der Waals surface area contributed by atoms with Gasteiger partial charge in [0.1, 0.15) is 0 Å². The molecule has 2 aliphatic rings. The summed E-state index contributed by atoms with van der Waals surface area (Å²) in [6, 6.07) is 7.99. The van der Waals surface area contributed by atoms with Gasteiger partial charge in [-0.1, -0.05) is 22.0 Å². The third kappa shape index (κ3) is 3.17. The van der Waals surface area contributed by atoms with Crippen LogP contribution in [0.1, 0.15) is 16.7 Å². The highest BCUT2D eigenvalue weighted by molar-refractivity contribution is 9.10. The van der Waals surface area contributed by atoms with Crippen LogP contribution < -0.4 is 9.47 Å². The van der Waals surface area contributed by atoms with Gasteiger partial charge in [-0.3, -0.25) is 10.1 Å². The van der Waals surface area contributed by atoms with Crippen molar-refractivity contribution in [3.8, 4) is 11.5 Å². The summed E-state index contributed by atoms with van der Waals surface area (Å²) in [6.07, 6.45) is 1.55. The Morgan fingerprint density at radius 2 is 1.96 bits per heavy atom. The van der Waals surface area contributed by atoms with Gasteiger partial charge in [0.25, 0.3) is 5.69 Å². The van der Waals surface area contributed by atoms with Gasteiger partial charge < -0.3 is 14.2 Å². The number of benzene rings is 2. The van der Waals surface area contributed by atoms with Gasteiger partial charge in [0.15, 0.2) is 17.2 Å². The van der Waals surface area contributed by atoms with Gasteiger partial charge in [0, 0.05) is 21.7 Å². The number of nitro groups is 1. The van der Waals surface area contributed by atoms with Crippen molar-refractivity contribution in [1.82, 2.24) is 0 Å². The Morgan fingerprint density at radius 1 is 1.22 bits per heavy atom. The molecule has 27 heavy (non-hydrogen) atoms. The molecule has 0 radical (unpaired) electrons. The lowest BCUT2D eigenvalue weighted by Gasteiger charge is -2.02. The second kappa shape index (κ2) is 6.51. The number of halogens is 1. The number of aliphatic imine (C=N–C) groups is 1. The first kappa shape index (κ1) is 17.2. The lowest BCUT2D eigenvalue weighted by molar-refractivity contribution is -0.385. The largest absolute Gasteiger partial charge is 0.454 e. The third-order valence-electron chi connectivity index (χ3n) is 4.06. The minimum atomic E-state index is -0.641. The lowest BCUT2D eigenvalue weighted by Crippen LogP contribution is -2.06. The Hall–Kier alpha value is -3.20. The van der Waals surface area contributed by atoms with E-state index >= 15 is 0 Å². The summed E-state index contributed by atoms with van der Waals surface area (Å²) in [4.78, 5) is 27.0. The van der Waals surface area contributed by atoms with Crippen molar-refractivity contribution in [3.63, 3.8) is 0 Å². The van der Waals surface area contributed by atoms with Gasteiger partial charge in [0.2, 0.25) is 12.7 Å². The highest BCUT2D eigenvalue weighted by Gasteiger charge is 2.26. The second-order valence-electron chi connectivity index (χ2n) is 5.82. The van der Waals surface area contributed by atoms with Crippen molar-refractivity contribution < 1.29 is 23.9 Å². The zero-order valence-electron chi connectivity index (χ0n) is 13.9. The van der Waals surface area contributed by atoms with E-state index in [0.717, 1.165) is 0 Å². The number of hydrogen-bond donors (Lipinski definition) is 0. The number of cyclic esters (lactones) is 1. The summed E-state index contributed by atoms with van der Waals surface area (Å²) >= 11 is 3.41. The SMILES string of the molecule is Cc1ccc(C2=N/C(=C/c3cc4c(cc3Br)OCO4)C(=O)O2)cc1[N+](=O)[O-]. The predicted octanol–water partition coefficient (Wildman–Crippen LogP) is 3.74. The Bertz CT molecular complexity index is 1060. The summed E-state index contributed by atoms with van der Waals surface area (Å²) < 4.78 is 16.5. The zero-order valence-corrected chi connectivity index (χ0v) is 15.5. The molecule has 0 saturated heterocycles. The summed E-state index contributed by atoms with van der Waals surface area (Å²) in [5.41, 5.74) is 1.53. The maximum Gasteiger partial charge on any atom is 0.363 e. The molecule has 2 aliphatic heterocycles. The molecular formula is C18H11BrN2O6. The molecule has 8 nitrogen and oxygen atoms in total. The van der Waals surface area contributed by atoms with Crippen molar-refractivity contribution in [1.29, 1.82) is 0 Å². The number of hydrogen-bond acceptors (Lipinski definition) is 7. The number of nitro benzene ring substituents is 1. The van der Waals surface area contributed by atoms with Crippen LogP contribution in [0, 0.1) is 17.0 Å². The number of carbonyl (C=O) groups excluding carboxylic acids is 1. The van der Waals surface area contributed by atoms with Crippen molar-refractivity contribution in [2.75, 3.05) is 6.79 Å². The van der Waals surface area contributed by atoms with E-state index in [9.17, 15) is 14.9 Å². The van der Waals surface area contributed by atoms with Crippen LogP contribution in [-0.4, -0.2) is 23.6 Å². The Labute approximate surface area is 161 Å². The van der Waals surface area contributed by atoms with Crippen LogP contribution in [0.4, 0.5) is 5.69 Å². The van der Waals surface area contributed by atoms with Crippen LogP contribution in [0.25, 0.3) is 6.08 Å². The monoisotopic (exact) mass is 430 g/mol. The molecule has 136 valence electrons. The number of esters is 1. The highest BCUT2D eigenvalue weighted by Crippen LogP contribution is 2.38. The maximum atomic E-state index is 12.2. The topological polar surface area (TPSA) is 100 Å². The lowest BCUT2D eigenvalue weighted by atomic mass is 10.1. The first-order valence-electron chi connectivity index (χ1n) is 7.79. The normalized spacial score (nSPS) is 16.4. The third-order valence-corrected chi connectivity index (χ3v) is 4.74. The molecule has 4 rings (SSSR count). The number of nitrogens with zero attached hydrogens (tertiary/aromatic N) is 2. The van der Waals surface area contributed by atoms with Crippen molar-refractivity contribution >= 4 is 39.6 Å². The van der Waals surface area contributed by atoms with Crippen LogP contribution in [0.2, 0.25) is 0 Å². The molecule has 0 aliphatic carbocycles. The number of aryl methyl sites for hydroxylation is 1. The van der Waals surface area contributed by atoms with Gasteiger partial charge in [-0.2, -0.15) is 0 Å². The molecule has 0 amide bonds. The van der Waals surface area contributed by atoms with E-state index in [1.54, 1.807) is 37.3 Å². The smallest absolute Gasteiger partial charge is 0.363 e. The molecule has 0 aromatic heterocycles. The Kier molecular flexibility index (Phi) is 4.15. The van der Waals surface area contributed by atoms with Crippen molar-refractivity contribution in [2.45, 2.75) is 6.92 Å². The number of carbonyl (C=O) groups is 1. The zero-order chi connectivity index (χ0) is 19.1. The molecule has 2 aromatic carbocycles. The molecule has 0 saturated carbocycles. The van der Waals surface area contributed by atoms with Gasteiger partial charge in [-0.25, -0.2) is 9.79 Å². The predicted molar refractivity (Wildman–Crippen MR) is 98.7 cm³/mol. The summed E-state index contributed by atoms with van der Waals surface area (Å²) in [6.45, 7) is 1.77. The minimum Gasteiger partial charge on any atom is -0.454 e. The molecule has 0 spiro atoms. The highest BCUT2D eigenvalue weighted by atomic mass is 79.9. The fourth-order valence-electron chi connectivity index (χ4n) is 2.66. The van der Waals surface area contributed by atoms with Crippen LogP contribution >= 0.6 is 15.9 Å². The summed E-state index contributed by atoms with van der Waals surface area (Å²) in [5.74, 6) is 0.549. The molecule has 0 bridgehead atoms. The van der Waals surface area contributed by atoms with Crippen molar-refractivity contribution in [2.24, 2.45) is 4.99 Å². The minimum absolute atomic E-state index is 0.0196. The standard InChI is InChI=1S/C18H11BrN2O6/c1-9-2-3-10(5-14(9)21(23)24)17-20-13(18(22)27-17)4-11-6-15-16(7-12(11)19)26-8-25-15/h2-7H,8H2,1H3/b13-4+. The molecule has 2 aromatic rings. The van der Waals surface area contributed by atoms with E-state index in [2.05, 4.69) is 20.9 Å². The van der Waals surface area contributed by atoms with Crippen LogP contribution in [0.5, 0.6) is 11.5 Å². The molecule has 9 heteroatoms. The summed E-state index contributed by atoms with van der Waals surface area (Å²) in [7, 11) is 0. The van der Waals surface area contributed by atoms with Crippen LogP contribution in [0.15, 0.2) is 45.5 Å².